The largest absolute Gasteiger partial charge is 0.388 e. The minimum atomic E-state index is -0.314. The van der Waals surface area contributed by atoms with Gasteiger partial charge in [-0.05, 0) is 29.2 Å². The van der Waals surface area contributed by atoms with Gasteiger partial charge in [-0.1, -0.05) is 34.3 Å². The van der Waals surface area contributed by atoms with Gasteiger partial charge in [0.1, 0.15) is 0 Å². The predicted octanol–water partition coefficient (Wildman–Crippen LogP) is 2.75. The van der Waals surface area contributed by atoms with Crippen LogP contribution < -0.4 is 0 Å². The molecule has 0 radical (unpaired) electrons. The van der Waals surface area contributed by atoms with Gasteiger partial charge < -0.3 is 5.11 Å². The zero-order valence-corrected chi connectivity index (χ0v) is 8.65. The first kappa shape index (κ1) is 9.79. The molecule has 1 rings (SSSR count). The van der Waals surface area contributed by atoms with Gasteiger partial charge in [0.2, 0.25) is 0 Å². The van der Waals surface area contributed by atoms with Crippen LogP contribution in [0.25, 0.3) is 0 Å². The Morgan fingerprint density at radius 1 is 1.33 bits per heavy atom. The molecule has 1 unspecified atom stereocenters. The molecule has 1 saturated carbocycles. The molecule has 12 heavy (non-hydrogen) atoms. The summed E-state index contributed by atoms with van der Waals surface area (Å²) in [6.45, 7) is 12.6. The summed E-state index contributed by atoms with van der Waals surface area (Å²) in [5.41, 5.74) is 1.30. The molecule has 1 aliphatic rings. The molecule has 0 aromatic rings. The highest BCUT2D eigenvalue weighted by molar-refractivity contribution is 5.14. The van der Waals surface area contributed by atoms with Crippen molar-refractivity contribution in [1.29, 1.82) is 0 Å². The first-order valence-corrected chi connectivity index (χ1v) is 4.60. The molecular weight excluding hydrogens is 148 g/mol. The molecule has 0 saturated heterocycles. The second-order valence-corrected chi connectivity index (χ2v) is 5.57. The third kappa shape index (κ3) is 1.71. The van der Waals surface area contributed by atoms with E-state index in [0.29, 0.717) is 5.41 Å². The predicted molar refractivity (Wildman–Crippen MR) is 51.9 cm³/mol. The topological polar surface area (TPSA) is 20.2 Å². The van der Waals surface area contributed by atoms with Gasteiger partial charge in [0.05, 0.1) is 6.10 Å². The van der Waals surface area contributed by atoms with Crippen molar-refractivity contribution in [3.63, 3.8) is 0 Å². The van der Waals surface area contributed by atoms with Crippen LogP contribution in [-0.2, 0) is 0 Å². The van der Waals surface area contributed by atoms with Gasteiger partial charge in [-0.3, -0.25) is 0 Å². The molecule has 70 valence electrons. The van der Waals surface area contributed by atoms with Crippen LogP contribution in [0.3, 0.4) is 0 Å². The monoisotopic (exact) mass is 168 g/mol. The maximum atomic E-state index is 9.84. The van der Waals surface area contributed by atoms with Crippen molar-refractivity contribution in [1.82, 2.24) is 0 Å². The van der Waals surface area contributed by atoms with Crippen LogP contribution in [0.5, 0.6) is 0 Å². The van der Waals surface area contributed by atoms with E-state index in [0.717, 1.165) is 18.4 Å². The van der Waals surface area contributed by atoms with Crippen molar-refractivity contribution in [2.45, 2.75) is 46.6 Å². The maximum absolute atomic E-state index is 9.84. The Kier molecular flexibility index (Phi) is 2.12. The van der Waals surface area contributed by atoms with E-state index in [2.05, 4.69) is 34.3 Å². The third-order valence-corrected chi connectivity index (χ3v) is 2.77. The maximum Gasteiger partial charge on any atom is 0.0798 e. The van der Waals surface area contributed by atoms with E-state index >= 15 is 0 Å². The Balaban J connectivity index is 2.87. The van der Waals surface area contributed by atoms with E-state index in [9.17, 15) is 5.11 Å². The van der Waals surface area contributed by atoms with Crippen LogP contribution >= 0.6 is 0 Å². The number of hydrogen-bond donors (Lipinski definition) is 1. The van der Waals surface area contributed by atoms with Gasteiger partial charge >= 0.3 is 0 Å². The van der Waals surface area contributed by atoms with Gasteiger partial charge in [-0.15, -0.1) is 0 Å². The molecule has 1 aliphatic carbocycles. The van der Waals surface area contributed by atoms with Crippen LogP contribution in [0.4, 0.5) is 0 Å². The fourth-order valence-electron chi connectivity index (χ4n) is 2.66. The lowest BCUT2D eigenvalue weighted by Gasteiger charge is -2.45. The molecule has 1 N–H and O–H groups in total. The average molecular weight is 168 g/mol. The minimum absolute atomic E-state index is 0.00116. The summed E-state index contributed by atoms with van der Waals surface area (Å²) in [7, 11) is 0. The van der Waals surface area contributed by atoms with Gasteiger partial charge in [0.25, 0.3) is 0 Å². The molecule has 0 aliphatic heterocycles. The van der Waals surface area contributed by atoms with Crippen molar-refractivity contribution < 1.29 is 5.11 Å². The molecule has 1 nitrogen and oxygen atoms in total. The molecule has 0 aromatic carbocycles. The van der Waals surface area contributed by atoms with E-state index in [4.69, 9.17) is 0 Å². The first-order valence-electron chi connectivity index (χ1n) is 4.60. The Morgan fingerprint density at radius 3 is 2.25 bits per heavy atom. The van der Waals surface area contributed by atoms with Gasteiger partial charge in [-0.25, -0.2) is 0 Å². The summed E-state index contributed by atoms with van der Waals surface area (Å²) in [6, 6.07) is 0. The van der Waals surface area contributed by atoms with Crippen LogP contribution in [0.15, 0.2) is 12.2 Å². The van der Waals surface area contributed by atoms with Crippen LogP contribution in [0.2, 0.25) is 0 Å². The molecule has 0 spiro atoms. The summed E-state index contributed by atoms with van der Waals surface area (Å²) >= 11 is 0. The second-order valence-electron chi connectivity index (χ2n) is 5.57. The van der Waals surface area contributed by atoms with Gasteiger partial charge in [-0.2, -0.15) is 0 Å². The van der Waals surface area contributed by atoms with E-state index in [1.807, 2.05) is 0 Å². The van der Waals surface area contributed by atoms with Crippen LogP contribution in [0, 0.1) is 10.8 Å². The quantitative estimate of drug-likeness (QED) is 0.551. The number of aliphatic hydroxyl groups excluding tert-OH is 1. The molecule has 1 fully saturated rings. The lowest BCUT2D eigenvalue weighted by atomic mass is 9.62. The lowest BCUT2D eigenvalue weighted by Crippen LogP contribution is -2.41. The number of hydrogen-bond acceptors (Lipinski definition) is 1. The zero-order chi connectivity index (χ0) is 9.57. The smallest absolute Gasteiger partial charge is 0.0798 e. The normalized spacial score (nSPS) is 33.4. The zero-order valence-electron chi connectivity index (χ0n) is 8.65. The fraction of sp³-hybridized carbons (Fsp3) is 0.818. The Bertz CT molecular complexity index is 201. The van der Waals surface area contributed by atoms with Gasteiger partial charge in [0, 0.05) is 0 Å². The van der Waals surface area contributed by atoms with Crippen molar-refractivity contribution >= 4 is 0 Å². The fourth-order valence-corrected chi connectivity index (χ4v) is 2.66. The van der Waals surface area contributed by atoms with Crippen molar-refractivity contribution in [3.05, 3.63) is 12.2 Å². The molecule has 0 aromatic heterocycles. The third-order valence-electron chi connectivity index (χ3n) is 2.77. The lowest BCUT2D eigenvalue weighted by molar-refractivity contribution is 0.00990. The molecule has 1 atom stereocenters. The Morgan fingerprint density at radius 2 is 1.83 bits per heavy atom. The highest BCUT2D eigenvalue weighted by Crippen LogP contribution is 2.47. The average Bonchev–Trinajstić information content (AvgIpc) is 1.79. The summed E-state index contributed by atoms with van der Waals surface area (Å²) < 4.78 is 0. The highest BCUT2D eigenvalue weighted by Gasteiger charge is 2.41. The Labute approximate surface area is 75.5 Å². The summed E-state index contributed by atoms with van der Waals surface area (Å²) in [5, 5.41) is 9.84. The Hall–Kier alpha value is -0.300. The molecule has 0 amide bonds. The van der Waals surface area contributed by atoms with E-state index in [1.165, 1.54) is 0 Å². The molecule has 0 heterocycles. The summed E-state index contributed by atoms with van der Waals surface area (Å²) in [6.07, 6.45) is 1.71. The summed E-state index contributed by atoms with van der Waals surface area (Å²) in [5.74, 6) is 0. The summed E-state index contributed by atoms with van der Waals surface area (Å²) in [4.78, 5) is 0. The van der Waals surface area contributed by atoms with E-state index in [1.54, 1.807) is 0 Å². The molecule has 1 heteroatoms. The van der Waals surface area contributed by atoms with E-state index < -0.39 is 0 Å². The molecule has 0 bridgehead atoms. The van der Waals surface area contributed by atoms with E-state index in [-0.39, 0.29) is 11.5 Å². The standard InChI is InChI=1S/C11H20O/c1-8-6-10(2,3)7-11(4,5)9(8)12/h9,12H,1,6-7H2,2-5H3. The molecular formula is C11H20O. The number of aliphatic hydroxyl groups is 1. The van der Waals surface area contributed by atoms with Crippen molar-refractivity contribution in [2.24, 2.45) is 10.8 Å². The van der Waals surface area contributed by atoms with Crippen molar-refractivity contribution in [3.8, 4) is 0 Å². The SMILES string of the molecule is C=C1CC(C)(C)CC(C)(C)C1O. The van der Waals surface area contributed by atoms with Gasteiger partial charge in [0.15, 0.2) is 0 Å². The van der Waals surface area contributed by atoms with Crippen LogP contribution in [-0.4, -0.2) is 11.2 Å². The van der Waals surface area contributed by atoms with Crippen LogP contribution in [0.1, 0.15) is 40.5 Å². The first-order chi connectivity index (χ1) is 5.25. The highest BCUT2D eigenvalue weighted by atomic mass is 16.3. The number of rotatable bonds is 0. The minimum Gasteiger partial charge on any atom is -0.388 e. The van der Waals surface area contributed by atoms with Crippen molar-refractivity contribution in [2.75, 3.05) is 0 Å². The second kappa shape index (κ2) is 2.59.